The van der Waals surface area contributed by atoms with Crippen LogP contribution in [-0.2, 0) is 10.9 Å². The molecule has 0 aliphatic carbocycles. The number of ether oxygens (including phenoxy) is 1. The minimum absolute atomic E-state index is 0.116. The predicted molar refractivity (Wildman–Crippen MR) is 87.4 cm³/mol. The average Bonchev–Trinajstić information content (AvgIpc) is 2.63. The highest BCUT2D eigenvalue weighted by Crippen LogP contribution is 2.27. The number of amides is 1. The van der Waals surface area contributed by atoms with Crippen molar-refractivity contribution in [3.63, 3.8) is 0 Å². The summed E-state index contributed by atoms with van der Waals surface area (Å²) in [6.07, 6.45) is -0.464. The van der Waals surface area contributed by atoms with E-state index in [1.807, 2.05) is 0 Å². The molecule has 0 spiro atoms. The SMILES string of the molecule is CCNC(=O)c1ccc(C(F)(F)F)nc1.CCOC(=O)c1cccnc1. The lowest BCUT2D eigenvalue weighted by Gasteiger charge is -2.06. The Labute approximate surface area is 148 Å². The number of rotatable bonds is 4. The van der Waals surface area contributed by atoms with Crippen molar-refractivity contribution in [3.05, 3.63) is 59.7 Å². The van der Waals surface area contributed by atoms with E-state index in [2.05, 4.69) is 15.3 Å². The normalized spacial score (nSPS) is 10.3. The first-order valence-electron chi connectivity index (χ1n) is 7.68. The standard InChI is InChI=1S/C9H9F3N2O.C8H9NO2/c1-2-13-8(15)6-3-4-7(14-5-6)9(10,11)12;1-2-11-8(10)7-4-3-5-9-6-7/h3-5H,2H2,1H3,(H,13,15);3-6H,2H2,1H3. The summed E-state index contributed by atoms with van der Waals surface area (Å²) in [6, 6.07) is 5.25. The van der Waals surface area contributed by atoms with Crippen LogP contribution in [-0.4, -0.2) is 35.0 Å². The van der Waals surface area contributed by atoms with Gasteiger partial charge >= 0.3 is 12.1 Å². The quantitative estimate of drug-likeness (QED) is 0.838. The van der Waals surface area contributed by atoms with Crippen molar-refractivity contribution in [2.24, 2.45) is 0 Å². The molecule has 26 heavy (non-hydrogen) atoms. The van der Waals surface area contributed by atoms with Crippen molar-refractivity contribution in [1.82, 2.24) is 15.3 Å². The number of aromatic nitrogens is 2. The van der Waals surface area contributed by atoms with Crippen LogP contribution in [0.15, 0.2) is 42.9 Å². The van der Waals surface area contributed by atoms with Gasteiger partial charge < -0.3 is 10.1 Å². The fraction of sp³-hybridized carbons (Fsp3) is 0.294. The van der Waals surface area contributed by atoms with Crippen LogP contribution in [0, 0.1) is 0 Å². The Kier molecular flexibility index (Phi) is 8.20. The summed E-state index contributed by atoms with van der Waals surface area (Å²) in [6.45, 7) is 4.30. The Hall–Kier alpha value is -2.97. The Balaban J connectivity index is 0.000000273. The van der Waals surface area contributed by atoms with E-state index in [1.54, 1.807) is 32.2 Å². The van der Waals surface area contributed by atoms with Gasteiger partial charge in [0.15, 0.2) is 0 Å². The van der Waals surface area contributed by atoms with Gasteiger partial charge in [-0.05, 0) is 38.1 Å². The van der Waals surface area contributed by atoms with Gasteiger partial charge in [0.25, 0.3) is 5.91 Å². The molecule has 0 aliphatic rings. The molecule has 6 nitrogen and oxygen atoms in total. The van der Waals surface area contributed by atoms with Crippen molar-refractivity contribution in [1.29, 1.82) is 0 Å². The van der Waals surface area contributed by atoms with Crippen LogP contribution >= 0.6 is 0 Å². The van der Waals surface area contributed by atoms with Gasteiger partial charge in [0.2, 0.25) is 0 Å². The first-order chi connectivity index (χ1) is 12.3. The summed E-state index contributed by atoms with van der Waals surface area (Å²) >= 11 is 0. The Bertz CT molecular complexity index is 705. The van der Waals surface area contributed by atoms with Crippen molar-refractivity contribution >= 4 is 11.9 Å². The molecular weight excluding hydrogens is 351 g/mol. The van der Waals surface area contributed by atoms with Crippen LogP contribution in [0.2, 0.25) is 0 Å². The van der Waals surface area contributed by atoms with Crippen molar-refractivity contribution in [2.75, 3.05) is 13.2 Å². The van der Waals surface area contributed by atoms with E-state index >= 15 is 0 Å². The highest BCUT2D eigenvalue weighted by molar-refractivity contribution is 5.93. The van der Waals surface area contributed by atoms with Crippen LogP contribution in [0.1, 0.15) is 40.3 Å². The van der Waals surface area contributed by atoms with Crippen LogP contribution < -0.4 is 5.32 Å². The molecule has 1 amide bonds. The predicted octanol–water partition coefficient (Wildman–Crippen LogP) is 3.11. The molecule has 2 aromatic rings. The van der Waals surface area contributed by atoms with E-state index in [9.17, 15) is 22.8 Å². The minimum atomic E-state index is -4.47. The summed E-state index contributed by atoms with van der Waals surface area (Å²) in [5, 5.41) is 2.46. The molecule has 2 rings (SSSR count). The zero-order valence-electron chi connectivity index (χ0n) is 14.2. The van der Waals surface area contributed by atoms with Gasteiger partial charge in [-0.1, -0.05) is 0 Å². The Morgan fingerprint density at radius 2 is 1.85 bits per heavy atom. The zero-order valence-corrected chi connectivity index (χ0v) is 14.2. The molecule has 0 atom stereocenters. The van der Waals surface area contributed by atoms with Gasteiger partial charge in [0, 0.05) is 25.1 Å². The summed E-state index contributed by atoms with van der Waals surface area (Å²) in [7, 11) is 0. The van der Waals surface area contributed by atoms with Crippen molar-refractivity contribution in [3.8, 4) is 0 Å². The van der Waals surface area contributed by atoms with Gasteiger partial charge in [-0.2, -0.15) is 13.2 Å². The number of carbonyl (C=O) groups is 2. The van der Waals surface area contributed by atoms with E-state index in [0.29, 0.717) is 18.7 Å². The summed E-state index contributed by atoms with van der Waals surface area (Å²) < 4.78 is 41.1. The molecule has 140 valence electrons. The molecule has 0 saturated carbocycles. The second-order valence-corrected chi connectivity index (χ2v) is 4.75. The van der Waals surface area contributed by atoms with E-state index in [1.165, 1.54) is 6.20 Å². The van der Waals surface area contributed by atoms with E-state index in [-0.39, 0.29) is 11.5 Å². The highest BCUT2D eigenvalue weighted by Gasteiger charge is 2.32. The molecule has 1 N–H and O–H groups in total. The number of alkyl halides is 3. The summed E-state index contributed by atoms with van der Waals surface area (Å²) in [4.78, 5) is 29.1. The molecular formula is C17H18F3N3O3. The van der Waals surface area contributed by atoms with Crippen LogP contribution in [0.5, 0.6) is 0 Å². The van der Waals surface area contributed by atoms with Crippen LogP contribution in [0.4, 0.5) is 13.2 Å². The van der Waals surface area contributed by atoms with E-state index in [4.69, 9.17) is 4.74 Å². The van der Waals surface area contributed by atoms with Gasteiger partial charge in [-0.3, -0.25) is 14.8 Å². The van der Waals surface area contributed by atoms with Crippen molar-refractivity contribution < 1.29 is 27.5 Å². The lowest BCUT2D eigenvalue weighted by atomic mass is 10.2. The Morgan fingerprint density at radius 3 is 2.31 bits per heavy atom. The first-order valence-corrected chi connectivity index (χ1v) is 7.68. The smallest absolute Gasteiger partial charge is 0.433 e. The molecule has 0 aliphatic heterocycles. The molecule has 0 radical (unpaired) electrons. The Morgan fingerprint density at radius 1 is 1.12 bits per heavy atom. The summed E-state index contributed by atoms with van der Waals surface area (Å²) in [5.74, 6) is -0.751. The topological polar surface area (TPSA) is 81.2 Å². The highest BCUT2D eigenvalue weighted by atomic mass is 19.4. The molecule has 0 aromatic carbocycles. The molecule has 2 heterocycles. The van der Waals surface area contributed by atoms with Gasteiger partial charge in [-0.15, -0.1) is 0 Å². The van der Waals surface area contributed by atoms with Gasteiger partial charge in [0.05, 0.1) is 17.7 Å². The molecule has 2 aromatic heterocycles. The fourth-order valence-corrected chi connectivity index (χ4v) is 1.66. The number of esters is 1. The average molecular weight is 369 g/mol. The number of nitrogens with zero attached hydrogens (tertiary/aromatic N) is 2. The lowest BCUT2D eigenvalue weighted by Crippen LogP contribution is -2.23. The molecule has 0 fully saturated rings. The number of pyridine rings is 2. The molecule has 0 unspecified atom stereocenters. The fourth-order valence-electron chi connectivity index (χ4n) is 1.66. The van der Waals surface area contributed by atoms with Gasteiger partial charge in [0.1, 0.15) is 5.69 Å². The van der Waals surface area contributed by atoms with Crippen LogP contribution in [0.25, 0.3) is 0 Å². The van der Waals surface area contributed by atoms with Gasteiger partial charge in [-0.25, -0.2) is 4.79 Å². The maximum Gasteiger partial charge on any atom is 0.433 e. The van der Waals surface area contributed by atoms with E-state index < -0.39 is 17.8 Å². The number of carbonyl (C=O) groups excluding carboxylic acids is 2. The second kappa shape index (κ2) is 10.1. The largest absolute Gasteiger partial charge is 0.462 e. The van der Waals surface area contributed by atoms with Crippen molar-refractivity contribution in [2.45, 2.75) is 20.0 Å². The third-order valence-electron chi connectivity index (χ3n) is 2.83. The first kappa shape index (κ1) is 21.1. The minimum Gasteiger partial charge on any atom is -0.462 e. The number of hydrogen-bond acceptors (Lipinski definition) is 5. The maximum absolute atomic E-state index is 12.1. The monoisotopic (exact) mass is 369 g/mol. The summed E-state index contributed by atoms with van der Waals surface area (Å²) in [5.41, 5.74) is -0.394. The molecule has 0 saturated heterocycles. The number of hydrogen-bond donors (Lipinski definition) is 1. The molecule has 9 heteroatoms. The third-order valence-corrected chi connectivity index (χ3v) is 2.83. The second-order valence-electron chi connectivity index (χ2n) is 4.75. The zero-order chi connectivity index (χ0) is 19.6. The molecule has 0 bridgehead atoms. The lowest BCUT2D eigenvalue weighted by molar-refractivity contribution is -0.141. The maximum atomic E-state index is 12.1. The third kappa shape index (κ3) is 6.88. The number of halogens is 3. The van der Waals surface area contributed by atoms with E-state index in [0.717, 1.165) is 18.3 Å². The number of nitrogens with one attached hydrogen (secondary N) is 1. The van der Waals surface area contributed by atoms with Crippen LogP contribution in [0.3, 0.4) is 0 Å².